The monoisotopic (exact) mass is 355 g/mol. The Morgan fingerprint density at radius 2 is 2.27 bits per heavy atom. The van der Waals surface area contributed by atoms with Gasteiger partial charge < -0.3 is 9.45 Å². The van der Waals surface area contributed by atoms with Crippen LogP contribution in [0.1, 0.15) is 0 Å². The fraction of sp³-hybridized carbons (Fsp3) is 0.333. The van der Waals surface area contributed by atoms with Gasteiger partial charge in [0.25, 0.3) is 0 Å². The zero-order valence-corrected chi connectivity index (χ0v) is 11.8. The van der Waals surface area contributed by atoms with Crippen molar-refractivity contribution in [2.75, 3.05) is 17.7 Å². The maximum Gasteiger partial charge on any atom is 0.156 e. The highest BCUT2D eigenvalue weighted by atomic mass is 127. The normalized spacial score (nSPS) is 26.5. The van der Waals surface area contributed by atoms with E-state index in [2.05, 4.69) is 27.5 Å². The van der Waals surface area contributed by atoms with Gasteiger partial charge in [-0.05, 0) is 34.7 Å². The van der Waals surface area contributed by atoms with Crippen molar-refractivity contribution >= 4 is 51.1 Å². The lowest BCUT2D eigenvalue weighted by Crippen LogP contribution is -2.39. The molecule has 82 valence electrons. The van der Waals surface area contributed by atoms with Crippen molar-refractivity contribution in [3.8, 4) is 0 Å². The first-order chi connectivity index (χ1) is 7.03. The van der Waals surface area contributed by atoms with E-state index in [1.807, 2.05) is 31.3 Å². The molecule has 0 fully saturated rings. The topological polar surface area (TPSA) is 40.5 Å². The van der Waals surface area contributed by atoms with Crippen LogP contribution < -0.4 is 4.90 Å². The Bertz CT molecular complexity index is 415. The zero-order valence-electron chi connectivity index (χ0n) is 8.01. The molecular weight excluding hydrogens is 345 g/mol. The summed E-state index contributed by atoms with van der Waals surface area (Å²) in [5, 5.41) is 0. The summed E-state index contributed by atoms with van der Waals surface area (Å²) in [6, 6.07) is 8.03. The van der Waals surface area contributed by atoms with E-state index in [9.17, 15) is 4.21 Å². The van der Waals surface area contributed by atoms with Gasteiger partial charge in [-0.25, -0.2) is 4.21 Å². The highest BCUT2D eigenvalue weighted by Gasteiger charge is 2.41. The second-order valence-electron chi connectivity index (χ2n) is 3.28. The molecule has 1 aliphatic rings. The minimum Gasteiger partial charge on any atom is -0.350 e. The molecule has 0 bridgehead atoms. The second-order valence-corrected chi connectivity index (χ2v) is 8.05. The molecule has 0 amide bonds. The lowest BCUT2D eigenvalue weighted by atomic mass is 10.3. The Balaban J connectivity index is 2.33. The van der Waals surface area contributed by atoms with E-state index in [0.29, 0.717) is 0 Å². The minimum atomic E-state index is -1.77. The van der Waals surface area contributed by atoms with Crippen molar-refractivity contribution in [3.05, 3.63) is 24.3 Å². The van der Waals surface area contributed by atoms with E-state index >= 15 is 0 Å². The number of hydrogen-bond donors (Lipinski definition) is 1. The molecule has 0 radical (unpaired) electrons. The maximum atomic E-state index is 10.9. The average Bonchev–Trinajstić information content (AvgIpc) is 2.39. The third-order valence-corrected chi connectivity index (χ3v) is 6.72. The lowest BCUT2D eigenvalue weighted by molar-refractivity contribution is 0.561. The van der Waals surface area contributed by atoms with Crippen LogP contribution in [0.25, 0.3) is 0 Å². The van der Waals surface area contributed by atoms with Gasteiger partial charge in [0.05, 0.1) is 11.4 Å². The quantitative estimate of drug-likeness (QED) is 0.383. The van der Waals surface area contributed by atoms with Gasteiger partial charge in [0, 0.05) is 11.9 Å². The molecule has 1 N–H and O–H groups in total. The predicted octanol–water partition coefficient (Wildman–Crippen LogP) is 2.54. The van der Waals surface area contributed by atoms with Crippen molar-refractivity contribution in [2.24, 2.45) is 0 Å². The van der Waals surface area contributed by atoms with Crippen LogP contribution in [0.4, 0.5) is 5.69 Å². The SMILES string of the molecule is CN1c2ccccc2SC1(I)CS(=O)O. The van der Waals surface area contributed by atoms with E-state index in [0.717, 1.165) is 5.69 Å². The summed E-state index contributed by atoms with van der Waals surface area (Å²) < 4.78 is 19.6. The van der Waals surface area contributed by atoms with Crippen molar-refractivity contribution in [3.63, 3.8) is 0 Å². The van der Waals surface area contributed by atoms with Gasteiger partial charge in [0.2, 0.25) is 0 Å². The molecule has 6 heteroatoms. The number of rotatable bonds is 2. The van der Waals surface area contributed by atoms with Crippen LogP contribution in [-0.2, 0) is 11.1 Å². The van der Waals surface area contributed by atoms with Crippen molar-refractivity contribution in [2.45, 2.75) is 7.77 Å². The van der Waals surface area contributed by atoms with Gasteiger partial charge >= 0.3 is 0 Å². The molecule has 15 heavy (non-hydrogen) atoms. The second kappa shape index (κ2) is 4.23. The summed E-state index contributed by atoms with van der Waals surface area (Å²) in [5.74, 6) is 0.239. The number of hydrogen-bond acceptors (Lipinski definition) is 3. The number of para-hydroxylation sites is 1. The Kier molecular flexibility index (Phi) is 3.30. The first-order valence-corrected chi connectivity index (χ1v) is 7.48. The number of fused-ring (bicyclic) bond motifs is 1. The van der Waals surface area contributed by atoms with E-state index < -0.39 is 11.1 Å². The fourth-order valence-corrected chi connectivity index (χ4v) is 5.35. The summed E-state index contributed by atoms with van der Waals surface area (Å²) in [6.07, 6.45) is 0. The fourth-order valence-electron chi connectivity index (χ4n) is 1.52. The Hall–Kier alpha value is 0.210. The van der Waals surface area contributed by atoms with Gasteiger partial charge in [-0.3, -0.25) is 0 Å². The highest BCUT2D eigenvalue weighted by Crippen LogP contribution is 2.53. The average molecular weight is 355 g/mol. The molecule has 0 saturated heterocycles. The molecule has 3 nitrogen and oxygen atoms in total. The molecule has 2 unspecified atom stereocenters. The van der Waals surface area contributed by atoms with Crippen molar-refractivity contribution < 1.29 is 8.76 Å². The molecule has 0 saturated carbocycles. The molecule has 1 aromatic carbocycles. The van der Waals surface area contributed by atoms with E-state index in [1.165, 1.54) is 4.90 Å². The largest absolute Gasteiger partial charge is 0.350 e. The summed E-state index contributed by atoms with van der Waals surface area (Å²) in [6.45, 7) is 0. The van der Waals surface area contributed by atoms with Crippen molar-refractivity contribution in [1.82, 2.24) is 0 Å². The predicted molar refractivity (Wildman–Crippen MR) is 73.1 cm³/mol. The molecule has 1 heterocycles. The van der Waals surface area contributed by atoms with Gasteiger partial charge in [-0.1, -0.05) is 23.9 Å². The van der Waals surface area contributed by atoms with Gasteiger partial charge in [-0.2, -0.15) is 0 Å². The number of thioether (sulfide) groups is 1. The minimum absolute atomic E-state index is 0.239. The van der Waals surface area contributed by atoms with Gasteiger partial charge in [-0.15, -0.1) is 0 Å². The molecule has 2 rings (SSSR count). The number of halogens is 1. The lowest BCUT2D eigenvalue weighted by Gasteiger charge is -2.29. The van der Waals surface area contributed by atoms with Crippen LogP contribution in [-0.4, -0.2) is 24.4 Å². The molecule has 0 aromatic heterocycles. The Morgan fingerprint density at radius 1 is 1.60 bits per heavy atom. The highest BCUT2D eigenvalue weighted by molar-refractivity contribution is 14.1. The Labute approximate surface area is 109 Å². The molecule has 2 atom stereocenters. The summed E-state index contributed by atoms with van der Waals surface area (Å²) in [5.41, 5.74) is 1.13. The third-order valence-electron chi connectivity index (χ3n) is 2.30. The Morgan fingerprint density at radius 3 is 2.87 bits per heavy atom. The molecule has 1 aliphatic heterocycles. The summed E-state index contributed by atoms with van der Waals surface area (Å²) in [7, 11) is 1.96. The van der Waals surface area contributed by atoms with Gasteiger partial charge in [0.15, 0.2) is 14.0 Å². The zero-order chi connectivity index (χ0) is 11.1. The van der Waals surface area contributed by atoms with Crippen LogP contribution in [0.5, 0.6) is 0 Å². The van der Waals surface area contributed by atoms with E-state index in [1.54, 1.807) is 11.8 Å². The number of anilines is 1. The van der Waals surface area contributed by atoms with Crippen LogP contribution in [0.3, 0.4) is 0 Å². The summed E-state index contributed by atoms with van der Waals surface area (Å²) in [4.78, 5) is 3.22. The number of benzene rings is 1. The van der Waals surface area contributed by atoms with Crippen LogP contribution >= 0.6 is 34.4 Å². The van der Waals surface area contributed by atoms with Crippen LogP contribution in [0.15, 0.2) is 29.2 Å². The first kappa shape index (κ1) is 11.7. The molecule has 0 spiro atoms. The van der Waals surface area contributed by atoms with E-state index in [-0.39, 0.29) is 8.63 Å². The number of nitrogens with zero attached hydrogens (tertiary/aromatic N) is 1. The van der Waals surface area contributed by atoms with E-state index in [4.69, 9.17) is 4.55 Å². The van der Waals surface area contributed by atoms with Crippen molar-refractivity contribution in [1.29, 1.82) is 0 Å². The third kappa shape index (κ3) is 2.17. The standard InChI is InChI=1S/C9H10INO2S2/c1-11-7-4-2-3-5-8(7)14-9(11,10)6-15(12)13/h2-5H,6H2,1H3,(H,12,13). The molecular formula is C9H10INO2S2. The van der Waals surface area contributed by atoms with Crippen LogP contribution in [0, 0.1) is 0 Å². The first-order valence-electron chi connectivity index (χ1n) is 4.31. The number of alkyl halides is 1. The summed E-state index contributed by atoms with van der Waals surface area (Å²) >= 11 is 2.10. The maximum absolute atomic E-state index is 10.9. The smallest absolute Gasteiger partial charge is 0.156 e. The van der Waals surface area contributed by atoms with Gasteiger partial charge in [0.1, 0.15) is 0 Å². The molecule has 1 aromatic rings. The van der Waals surface area contributed by atoms with Crippen LogP contribution in [0.2, 0.25) is 0 Å². The molecule has 0 aliphatic carbocycles.